The van der Waals surface area contributed by atoms with Crippen LogP contribution in [0.4, 0.5) is 5.69 Å². The minimum absolute atomic E-state index is 1.01. The first-order valence-corrected chi connectivity index (χ1v) is 7.31. The van der Waals surface area contributed by atoms with Gasteiger partial charge in [-0.25, -0.2) is 0 Å². The molecule has 0 atom stereocenters. The summed E-state index contributed by atoms with van der Waals surface area (Å²) in [6.45, 7) is 8.71. The second-order valence-electron chi connectivity index (χ2n) is 4.72. The molecule has 3 heteroatoms. The molecule has 1 saturated heterocycles. The number of benzene rings is 1. The molecule has 1 fully saturated rings. The predicted molar refractivity (Wildman–Crippen MR) is 82.5 cm³/mol. The Hall–Kier alpha value is -1.09. The maximum absolute atomic E-state index is 5.56. The third-order valence-electron chi connectivity index (χ3n) is 3.64. The van der Waals surface area contributed by atoms with Crippen LogP contribution in [-0.4, -0.2) is 36.1 Å². The molecule has 1 aliphatic rings. The lowest BCUT2D eigenvalue weighted by Crippen LogP contribution is -2.27. The zero-order valence-corrected chi connectivity index (χ0v) is 12.2. The third kappa shape index (κ3) is 2.83. The zero-order chi connectivity index (χ0) is 13.0. The molecular formula is C15H22N2S. The van der Waals surface area contributed by atoms with Crippen molar-refractivity contribution in [2.24, 2.45) is 0 Å². The summed E-state index contributed by atoms with van der Waals surface area (Å²) in [5.74, 6) is 0. The number of rotatable bonds is 4. The van der Waals surface area contributed by atoms with Gasteiger partial charge in [0.1, 0.15) is 4.99 Å². The maximum Gasteiger partial charge on any atom is 0.109 e. The van der Waals surface area contributed by atoms with E-state index in [0.717, 1.165) is 31.2 Å². The monoisotopic (exact) mass is 262 g/mol. The molecule has 0 radical (unpaired) electrons. The van der Waals surface area contributed by atoms with Crippen molar-refractivity contribution in [2.45, 2.75) is 26.7 Å². The number of likely N-dealkylation sites (tertiary alicyclic amines) is 1. The molecule has 1 aliphatic heterocycles. The summed E-state index contributed by atoms with van der Waals surface area (Å²) < 4.78 is 0. The molecular weight excluding hydrogens is 240 g/mol. The smallest absolute Gasteiger partial charge is 0.109 e. The second kappa shape index (κ2) is 6.19. The normalized spacial score (nSPS) is 14.9. The first kappa shape index (κ1) is 13.3. The van der Waals surface area contributed by atoms with Gasteiger partial charge in [0.25, 0.3) is 0 Å². The van der Waals surface area contributed by atoms with Crippen molar-refractivity contribution in [1.29, 1.82) is 0 Å². The number of nitrogens with zero attached hydrogens (tertiary/aromatic N) is 2. The largest absolute Gasteiger partial charge is 0.372 e. The average molecular weight is 262 g/mol. The first-order valence-electron chi connectivity index (χ1n) is 6.90. The summed E-state index contributed by atoms with van der Waals surface area (Å²) in [4.78, 5) is 5.68. The number of hydrogen-bond donors (Lipinski definition) is 0. The molecule has 18 heavy (non-hydrogen) atoms. The van der Waals surface area contributed by atoms with E-state index in [-0.39, 0.29) is 0 Å². The average Bonchev–Trinajstić information content (AvgIpc) is 2.94. The van der Waals surface area contributed by atoms with Gasteiger partial charge in [0, 0.05) is 37.4 Å². The quantitative estimate of drug-likeness (QED) is 0.769. The maximum atomic E-state index is 5.56. The van der Waals surface area contributed by atoms with Gasteiger partial charge in [0.2, 0.25) is 0 Å². The summed E-state index contributed by atoms with van der Waals surface area (Å²) in [7, 11) is 0. The summed E-state index contributed by atoms with van der Waals surface area (Å²) >= 11 is 5.56. The Morgan fingerprint density at radius 3 is 2.17 bits per heavy atom. The lowest BCUT2D eigenvalue weighted by Gasteiger charge is -2.22. The van der Waals surface area contributed by atoms with E-state index in [1.807, 2.05) is 0 Å². The Balaban J connectivity index is 2.09. The van der Waals surface area contributed by atoms with Gasteiger partial charge >= 0.3 is 0 Å². The Morgan fingerprint density at radius 2 is 1.67 bits per heavy atom. The fourth-order valence-corrected chi connectivity index (χ4v) is 2.83. The van der Waals surface area contributed by atoms with Crippen LogP contribution < -0.4 is 4.90 Å². The van der Waals surface area contributed by atoms with Crippen molar-refractivity contribution < 1.29 is 0 Å². The summed E-state index contributed by atoms with van der Waals surface area (Å²) in [6, 6.07) is 8.69. The van der Waals surface area contributed by atoms with Gasteiger partial charge in [-0.15, -0.1) is 0 Å². The van der Waals surface area contributed by atoms with Gasteiger partial charge in [0.05, 0.1) is 0 Å². The van der Waals surface area contributed by atoms with Crippen LogP contribution in [0.3, 0.4) is 0 Å². The lowest BCUT2D eigenvalue weighted by molar-refractivity contribution is 0.530. The molecule has 0 N–H and O–H groups in total. The van der Waals surface area contributed by atoms with Crippen LogP contribution in [0, 0.1) is 0 Å². The highest BCUT2D eigenvalue weighted by atomic mass is 32.1. The lowest BCUT2D eigenvalue weighted by atomic mass is 10.2. The molecule has 0 unspecified atom stereocenters. The van der Waals surface area contributed by atoms with Crippen molar-refractivity contribution in [2.75, 3.05) is 31.1 Å². The van der Waals surface area contributed by atoms with Crippen LogP contribution in [-0.2, 0) is 0 Å². The first-order chi connectivity index (χ1) is 8.76. The Bertz CT molecular complexity index is 389. The molecule has 0 aromatic heterocycles. The molecule has 98 valence electrons. The van der Waals surface area contributed by atoms with Gasteiger partial charge in [0.15, 0.2) is 0 Å². The van der Waals surface area contributed by atoms with Crippen LogP contribution in [0.15, 0.2) is 24.3 Å². The molecule has 1 aromatic rings. The van der Waals surface area contributed by atoms with Gasteiger partial charge in [-0.1, -0.05) is 12.2 Å². The van der Waals surface area contributed by atoms with Gasteiger partial charge in [-0.2, -0.15) is 0 Å². The molecule has 0 spiro atoms. The molecule has 0 saturated carbocycles. The fourth-order valence-electron chi connectivity index (χ4n) is 2.51. The highest BCUT2D eigenvalue weighted by molar-refractivity contribution is 7.80. The zero-order valence-electron chi connectivity index (χ0n) is 11.4. The number of thiocarbonyl (C=S) groups is 1. The minimum atomic E-state index is 1.01. The summed E-state index contributed by atoms with van der Waals surface area (Å²) in [5.41, 5.74) is 2.47. The van der Waals surface area contributed by atoms with E-state index in [0.29, 0.717) is 0 Å². The van der Waals surface area contributed by atoms with Crippen LogP contribution in [0.25, 0.3) is 0 Å². The van der Waals surface area contributed by atoms with E-state index in [9.17, 15) is 0 Å². The van der Waals surface area contributed by atoms with Crippen LogP contribution in [0.5, 0.6) is 0 Å². The third-order valence-corrected chi connectivity index (χ3v) is 4.13. The Labute approximate surface area is 116 Å². The molecule has 0 bridgehead atoms. The van der Waals surface area contributed by atoms with E-state index in [2.05, 4.69) is 47.9 Å². The van der Waals surface area contributed by atoms with Crippen LogP contribution in [0.1, 0.15) is 32.3 Å². The molecule has 2 nitrogen and oxygen atoms in total. The number of anilines is 1. The van der Waals surface area contributed by atoms with Gasteiger partial charge in [-0.3, -0.25) is 0 Å². The van der Waals surface area contributed by atoms with E-state index < -0.39 is 0 Å². The highest BCUT2D eigenvalue weighted by Crippen LogP contribution is 2.18. The standard InChI is InChI=1S/C15H22N2S/c1-3-16(4-2)14-9-7-13(8-10-14)15(18)17-11-5-6-12-17/h7-10H,3-6,11-12H2,1-2H3. The Morgan fingerprint density at radius 1 is 1.11 bits per heavy atom. The summed E-state index contributed by atoms with van der Waals surface area (Å²) in [6.07, 6.45) is 2.55. The van der Waals surface area contributed by atoms with Crippen molar-refractivity contribution in [3.63, 3.8) is 0 Å². The molecule has 2 rings (SSSR count). The van der Waals surface area contributed by atoms with Crippen molar-refractivity contribution >= 4 is 22.9 Å². The Kier molecular flexibility index (Phi) is 4.59. The summed E-state index contributed by atoms with van der Waals surface area (Å²) in [5, 5.41) is 0. The van der Waals surface area contributed by atoms with Gasteiger partial charge < -0.3 is 9.80 Å². The van der Waals surface area contributed by atoms with E-state index in [4.69, 9.17) is 12.2 Å². The van der Waals surface area contributed by atoms with E-state index >= 15 is 0 Å². The highest BCUT2D eigenvalue weighted by Gasteiger charge is 2.16. The minimum Gasteiger partial charge on any atom is -0.372 e. The topological polar surface area (TPSA) is 6.48 Å². The second-order valence-corrected chi connectivity index (χ2v) is 5.11. The SMILES string of the molecule is CCN(CC)c1ccc(C(=S)N2CCCC2)cc1. The predicted octanol–water partition coefficient (Wildman–Crippen LogP) is 3.30. The van der Waals surface area contributed by atoms with Crippen LogP contribution in [0.2, 0.25) is 0 Å². The van der Waals surface area contributed by atoms with E-state index in [1.165, 1.54) is 24.1 Å². The fraction of sp³-hybridized carbons (Fsp3) is 0.533. The van der Waals surface area contributed by atoms with E-state index in [1.54, 1.807) is 0 Å². The van der Waals surface area contributed by atoms with Crippen LogP contribution >= 0.6 is 12.2 Å². The molecule has 0 aliphatic carbocycles. The number of hydrogen-bond acceptors (Lipinski definition) is 2. The molecule has 0 amide bonds. The van der Waals surface area contributed by atoms with Crippen molar-refractivity contribution in [3.05, 3.63) is 29.8 Å². The molecule has 1 heterocycles. The van der Waals surface area contributed by atoms with Crippen molar-refractivity contribution in [3.8, 4) is 0 Å². The van der Waals surface area contributed by atoms with Crippen molar-refractivity contribution in [1.82, 2.24) is 4.90 Å². The molecule has 1 aromatic carbocycles. The van der Waals surface area contributed by atoms with Gasteiger partial charge in [-0.05, 0) is 51.0 Å².